The quantitative estimate of drug-likeness (QED) is 0.769. The van der Waals surface area contributed by atoms with Crippen molar-refractivity contribution in [3.05, 3.63) is 65.5 Å². The van der Waals surface area contributed by atoms with E-state index in [9.17, 15) is 9.18 Å². The summed E-state index contributed by atoms with van der Waals surface area (Å²) in [6.07, 6.45) is 3.13. The molecule has 2 aromatic rings. The molecule has 5 heteroatoms. The minimum atomic E-state index is -0.456. The lowest BCUT2D eigenvalue weighted by molar-refractivity contribution is -0.117. The molecule has 0 radical (unpaired) electrons. The zero-order chi connectivity index (χ0) is 18.2. The summed E-state index contributed by atoms with van der Waals surface area (Å²) in [7, 11) is 1.41. The summed E-state index contributed by atoms with van der Waals surface area (Å²) in [4.78, 5) is 12.1. The maximum absolute atomic E-state index is 13.8. The van der Waals surface area contributed by atoms with Gasteiger partial charge in [-0.05, 0) is 43.7 Å². The Morgan fingerprint density at radius 2 is 2.00 bits per heavy atom. The Morgan fingerprint density at radius 1 is 1.24 bits per heavy atom. The predicted molar refractivity (Wildman–Crippen MR) is 96.2 cm³/mol. The lowest BCUT2D eigenvalue weighted by atomic mass is 10.1. The molecule has 25 heavy (non-hydrogen) atoms. The molecule has 0 saturated carbocycles. The van der Waals surface area contributed by atoms with Gasteiger partial charge in [-0.2, -0.15) is 0 Å². The molecule has 1 atom stereocenters. The van der Waals surface area contributed by atoms with Crippen LogP contribution in [0.4, 0.5) is 4.39 Å². The van der Waals surface area contributed by atoms with Gasteiger partial charge >= 0.3 is 0 Å². The molecule has 0 unspecified atom stereocenters. The first-order valence-corrected chi connectivity index (χ1v) is 8.09. The molecular weight excluding hydrogens is 321 g/mol. The normalized spacial score (nSPS) is 12.0. The first-order valence-electron chi connectivity index (χ1n) is 8.09. The number of amides is 1. The van der Waals surface area contributed by atoms with E-state index < -0.39 is 5.82 Å². The van der Waals surface area contributed by atoms with Crippen molar-refractivity contribution in [3.8, 4) is 11.5 Å². The molecule has 0 spiro atoms. The van der Waals surface area contributed by atoms with Crippen LogP contribution in [-0.2, 0) is 4.79 Å². The van der Waals surface area contributed by atoms with E-state index >= 15 is 0 Å². The van der Waals surface area contributed by atoms with Gasteiger partial charge in [0.2, 0.25) is 5.91 Å². The number of carbonyl (C=O) groups is 1. The second kappa shape index (κ2) is 8.87. The van der Waals surface area contributed by atoms with Gasteiger partial charge in [-0.3, -0.25) is 4.79 Å². The van der Waals surface area contributed by atoms with Crippen LogP contribution in [0.2, 0.25) is 0 Å². The van der Waals surface area contributed by atoms with Gasteiger partial charge in [0, 0.05) is 11.6 Å². The molecule has 1 N–H and O–H groups in total. The van der Waals surface area contributed by atoms with Crippen molar-refractivity contribution in [3.63, 3.8) is 0 Å². The average molecular weight is 343 g/mol. The standard InChI is InChI=1S/C20H22FNO3/c1-4-25-18-8-6-5-7-15(18)10-12-20(23)22-14(2)16-9-11-19(24-3)17(21)13-16/h5-14H,4H2,1-3H3,(H,22,23)/b12-10+/t14-/m1/s1. The highest BCUT2D eigenvalue weighted by Crippen LogP contribution is 2.22. The average Bonchev–Trinajstić information content (AvgIpc) is 2.61. The number of methoxy groups -OCH3 is 1. The third-order valence-corrected chi connectivity index (χ3v) is 3.67. The van der Waals surface area contributed by atoms with E-state index in [4.69, 9.17) is 9.47 Å². The smallest absolute Gasteiger partial charge is 0.244 e. The second-order valence-electron chi connectivity index (χ2n) is 5.43. The van der Waals surface area contributed by atoms with Crippen LogP contribution in [0.1, 0.15) is 31.0 Å². The minimum Gasteiger partial charge on any atom is -0.494 e. The number of hydrogen-bond acceptors (Lipinski definition) is 3. The molecule has 0 fully saturated rings. The van der Waals surface area contributed by atoms with Gasteiger partial charge in [-0.1, -0.05) is 24.3 Å². The first kappa shape index (κ1) is 18.5. The number of halogens is 1. The number of carbonyl (C=O) groups excluding carboxylic acids is 1. The van der Waals surface area contributed by atoms with E-state index in [1.54, 1.807) is 25.1 Å². The third kappa shape index (κ3) is 5.08. The van der Waals surface area contributed by atoms with Crippen molar-refractivity contribution < 1.29 is 18.7 Å². The molecule has 0 saturated heterocycles. The monoisotopic (exact) mass is 343 g/mol. The van der Waals surface area contributed by atoms with Gasteiger partial charge in [-0.25, -0.2) is 4.39 Å². The van der Waals surface area contributed by atoms with Crippen LogP contribution in [0, 0.1) is 5.82 Å². The Kier molecular flexibility index (Phi) is 6.57. The number of hydrogen-bond donors (Lipinski definition) is 1. The van der Waals surface area contributed by atoms with E-state index in [1.807, 2.05) is 31.2 Å². The second-order valence-corrected chi connectivity index (χ2v) is 5.43. The first-order chi connectivity index (χ1) is 12.0. The molecule has 0 aliphatic rings. The molecular formula is C20H22FNO3. The Labute approximate surface area is 147 Å². The zero-order valence-electron chi connectivity index (χ0n) is 14.6. The van der Waals surface area contributed by atoms with Crippen LogP contribution < -0.4 is 14.8 Å². The Balaban J connectivity index is 2.03. The molecule has 0 bridgehead atoms. The maximum atomic E-state index is 13.8. The van der Waals surface area contributed by atoms with Crippen LogP contribution in [0.3, 0.4) is 0 Å². The number of benzene rings is 2. The van der Waals surface area contributed by atoms with E-state index in [1.165, 1.54) is 19.3 Å². The summed E-state index contributed by atoms with van der Waals surface area (Å²) in [5, 5.41) is 2.81. The number of ether oxygens (including phenoxy) is 2. The predicted octanol–water partition coefficient (Wildman–Crippen LogP) is 4.12. The Bertz CT molecular complexity index is 758. The van der Waals surface area contributed by atoms with E-state index in [0.29, 0.717) is 12.2 Å². The van der Waals surface area contributed by atoms with Crippen molar-refractivity contribution in [1.29, 1.82) is 0 Å². The lowest BCUT2D eigenvalue weighted by Crippen LogP contribution is -2.24. The van der Waals surface area contributed by atoms with Gasteiger partial charge < -0.3 is 14.8 Å². The molecule has 0 aliphatic heterocycles. The Morgan fingerprint density at radius 3 is 2.68 bits per heavy atom. The fourth-order valence-electron chi connectivity index (χ4n) is 2.37. The van der Waals surface area contributed by atoms with Crippen LogP contribution in [0.25, 0.3) is 6.08 Å². The van der Waals surface area contributed by atoms with E-state index in [0.717, 1.165) is 11.3 Å². The van der Waals surface area contributed by atoms with Gasteiger partial charge in [0.05, 0.1) is 19.8 Å². The van der Waals surface area contributed by atoms with Crippen molar-refractivity contribution in [2.75, 3.05) is 13.7 Å². The number of rotatable bonds is 7. The molecule has 0 heterocycles. The summed E-state index contributed by atoms with van der Waals surface area (Å²) in [5.74, 6) is 0.173. The van der Waals surface area contributed by atoms with Crippen molar-refractivity contribution in [2.24, 2.45) is 0 Å². The van der Waals surface area contributed by atoms with E-state index in [2.05, 4.69) is 5.32 Å². The zero-order valence-corrected chi connectivity index (χ0v) is 14.6. The van der Waals surface area contributed by atoms with Crippen molar-refractivity contribution in [1.82, 2.24) is 5.32 Å². The van der Waals surface area contributed by atoms with Gasteiger partial charge in [-0.15, -0.1) is 0 Å². The molecule has 132 valence electrons. The van der Waals surface area contributed by atoms with Crippen molar-refractivity contribution >= 4 is 12.0 Å². The lowest BCUT2D eigenvalue weighted by Gasteiger charge is -2.14. The van der Waals surface area contributed by atoms with Gasteiger partial charge in [0.25, 0.3) is 0 Å². The SMILES string of the molecule is CCOc1ccccc1/C=C/C(=O)N[C@H](C)c1ccc(OC)c(F)c1. The summed E-state index contributed by atoms with van der Waals surface area (Å²) in [5.41, 5.74) is 1.48. The Hall–Kier alpha value is -2.82. The molecule has 0 aromatic heterocycles. The van der Waals surface area contributed by atoms with Crippen LogP contribution >= 0.6 is 0 Å². The number of nitrogens with one attached hydrogen (secondary N) is 1. The summed E-state index contributed by atoms with van der Waals surface area (Å²) < 4.78 is 24.2. The van der Waals surface area contributed by atoms with Crippen LogP contribution in [0.5, 0.6) is 11.5 Å². The third-order valence-electron chi connectivity index (χ3n) is 3.67. The van der Waals surface area contributed by atoms with Crippen molar-refractivity contribution in [2.45, 2.75) is 19.9 Å². The van der Waals surface area contributed by atoms with Gasteiger partial charge in [0.15, 0.2) is 11.6 Å². The van der Waals surface area contributed by atoms with Crippen LogP contribution in [0.15, 0.2) is 48.5 Å². The molecule has 0 aliphatic carbocycles. The number of para-hydroxylation sites is 1. The molecule has 4 nitrogen and oxygen atoms in total. The largest absolute Gasteiger partial charge is 0.494 e. The summed E-state index contributed by atoms with van der Waals surface area (Å²) in [6.45, 7) is 4.25. The van der Waals surface area contributed by atoms with Crippen LogP contribution in [-0.4, -0.2) is 19.6 Å². The molecule has 2 rings (SSSR count). The summed E-state index contributed by atoms with van der Waals surface area (Å²) in [6, 6.07) is 11.8. The van der Waals surface area contributed by atoms with E-state index in [-0.39, 0.29) is 17.7 Å². The fraction of sp³-hybridized carbons (Fsp3) is 0.250. The maximum Gasteiger partial charge on any atom is 0.244 e. The summed E-state index contributed by atoms with van der Waals surface area (Å²) >= 11 is 0. The highest BCUT2D eigenvalue weighted by Gasteiger charge is 2.11. The van der Waals surface area contributed by atoms with Gasteiger partial charge in [0.1, 0.15) is 5.75 Å². The molecule has 1 amide bonds. The molecule has 2 aromatic carbocycles. The minimum absolute atomic E-state index is 0.176. The highest BCUT2D eigenvalue weighted by atomic mass is 19.1. The fourth-order valence-corrected chi connectivity index (χ4v) is 2.37. The topological polar surface area (TPSA) is 47.6 Å². The highest BCUT2D eigenvalue weighted by molar-refractivity contribution is 5.92.